The highest BCUT2D eigenvalue weighted by atomic mass is 19.1. The maximum atomic E-state index is 14.0. The van der Waals surface area contributed by atoms with E-state index in [1.165, 1.54) is 24.3 Å². The predicted molar refractivity (Wildman–Crippen MR) is 92.2 cm³/mol. The Bertz CT molecular complexity index is 837. The van der Waals surface area contributed by atoms with Crippen molar-refractivity contribution in [2.24, 2.45) is 0 Å². The van der Waals surface area contributed by atoms with Crippen LogP contribution in [0, 0.1) is 11.6 Å². The lowest BCUT2D eigenvalue weighted by Gasteiger charge is -2.30. The normalized spacial score (nSPS) is 21.4. The number of phenols is 2. The second-order valence-electron chi connectivity index (χ2n) is 8.90. The molecule has 1 spiro atoms. The number of halogens is 2. The lowest BCUT2D eigenvalue weighted by atomic mass is 9.72. The number of hydrogen-bond donors (Lipinski definition) is 2. The highest BCUT2D eigenvalue weighted by Crippen LogP contribution is 2.63. The van der Waals surface area contributed by atoms with Crippen LogP contribution in [0.1, 0.15) is 62.8 Å². The Balaban J connectivity index is 2.07. The van der Waals surface area contributed by atoms with Gasteiger partial charge in [0.1, 0.15) is 0 Å². The number of aromatic hydroxyl groups is 2. The van der Waals surface area contributed by atoms with Crippen molar-refractivity contribution in [1.29, 1.82) is 0 Å². The SMILES string of the molecule is CC1(C)CC2(CC(C)(C)c3cc(F)c(O)cc32)c2cc(O)c(F)cc21. The molecule has 0 aliphatic heterocycles. The first-order valence-corrected chi connectivity index (χ1v) is 8.55. The summed E-state index contributed by atoms with van der Waals surface area (Å²) in [5.41, 5.74) is 2.47. The smallest absolute Gasteiger partial charge is 0.165 e. The van der Waals surface area contributed by atoms with Gasteiger partial charge in [0, 0.05) is 5.41 Å². The van der Waals surface area contributed by atoms with Gasteiger partial charge >= 0.3 is 0 Å². The molecule has 0 atom stereocenters. The van der Waals surface area contributed by atoms with E-state index in [9.17, 15) is 19.0 Å². The zero-order valence-electron chi connectivity index (χ0n) is 14.9. The number of hydrogen-bond acceptors (Lipinski definition) is 2. The summed E-state index contributed by atoms with van der Waals surface area (Å²) in [5.74, 6) is -1.98. The van der Waals surface area contributed by atoms with Crippen LogP contribution in [0.25, 0.3) is 0 Å². The molecular weight excluding hydrogens is 322 g/mol. The maximum Gasteiger partial charge on any atom is 0.165 e. The van der Waals surface area contributed by atoms with Crippen molar-refractivity contribution in [2.75, 3.05) is 0 Å². The molecule has 2 aromatic carbocycles. The molecule has 0 fully saturated rings. The summed E-state index contributed by atoms with van der Waals surface area (Å²) < 4.78 is 28.0. The van der Waals surface area contributed by atoms with E-state index in [1.807, 2.05) is 0 Å². The van der Waals surface area contributed by atoms with Crippen molar-refractivity contribution < 1.29 is 19.0 Å². The molecule has 0 heterocycles. The van der Waals surface area contributed by atoms with Gasteiger partial charge in [-0.25, -0.2) is 8.78 Å². The monoisotopic (exact) mass is 344 g/mol. The highest BCUT2D eigenvalue weighted by Gasteiger charge is 2.56. The van der Waals surface area contributed by atoms with Gasteiger partial charge in [0.05, 0.1) is 0 Å². The molecule has 0 saturated carbocycles. The topological polar surface area (TPSA) is 40.5 Å². The Kier molecular flexibility index (Phi) is 2.97. The van der Waals surface area contributed by atoms with Crippen molar-refractivity contribution in [1.82, 2.24) is 0 Å². The van der Waals surface area contributed by atoms with Crippen molar-refractivity contribution in [3.05, 3.63) is 58.2 Å². The molecule has 2 N–H and O–H groups in total. The van der Waals surface area contributed by atoms with Crippen LogP contribution in [-0.4, -0.2) is 10.2 Å². The average Bonchev–Trinajstić information content (AvgIpc) is 2.82. The van der Waals surface area contributed by atoms with Crippen LogP contribution >= 0.6 is 0 Å². The van der Waals surface area contributed by atoms with E-state index in [-0.39, 0.29) is 22.3 Å². The van der Waals surface area contributed by atoms with E-state index >= 15 is 0 Å². The Morgan fingerprint density at radius 2 is 1.04 bits per heavy atom. The van der Waals surface area contributed by atoms with Crippen LogP contribution in [0.15, 0.2) is 24.3 Å². The molecule has 0 radical (unpaired) electrons. The van der Waals surface area contributed by atoms with Gasteiger partial charge in [0.15, 0.2) is 23.1 Å². The van der Waals surface area contributed by atoms with Gasteiger partial charge in [0.25, 0.3) is 0 Å². The standard InChI is InChI=1S/C21H22F2O2/c1-19(2)9-21(13-7-17(24)15(22)5-11(13)19)10-20(3,4)12-6-16(23)18(25)8-14(12)21/h5-8,24-25H,9-10H2,1-4H3. The molecule has 0 saturated heterocycles. The number of phenolic OH excluding ortho intramolecular Hbond substituents is 2. The third-order valence-electron chi connectivity index (χ3n) is 6.15. The number of rotatable bonds is 0. The Morgan fingerprint density at radius 3 is 1.40 bits per heavy atom. The molecule has 2 aliphatic rings. The van der Waals surface area contributed by atoms with Crippen LogP contribution in [0.2, 0.25) is 0 Å². The minimum absolute atomic E-state index is 0.286. The van der Waals surface area contributed by atoms with Gasteiger partial charge in [0.2, 0.25) is 0 Å². The van der Waals surface area contributed by atoms with Gasteiger partial charge in [-0.15, -0.1) is 0 Å². The summed E-state index contributed by atoms with van der Waals surface area (Å²) in [7, 11) is 0. The molecule has 25 heavy (non-hydrogen) atoms. The largest absolute Gasteiger partial charge is 0.505 e. The van der Waals surface area contributed by atoms with Crippen LogP contribution in [0.4, 0.5) is 8.78 Å². The molecule has 2 aliphatic carbocycles. The third kappa shape index (κ3) is 2.00. The van der Waals surface area contributed by atoms with E-state index in [1.54, 1.807) is 0 Å². The lowest BCUT2D eigenvalue weighted by molar-refractivity contribution is 0.348. The fraction of sp³-hybridized carbons (Fsp3) is 0.429. The average molecular weight is 344 g/mol. The molecule has 2 nitrogen and oxygen atoms in total. The third-order valence-corrected chi connectivity index (χ3v) is 6.15. The van der Waals surface area contributed by atoms with E-state index in [4.69, 9.17) is 0 Å². The van der Waals surface area contributed by atoms with Gasteiger partial charge in [-0.2, -0.15) is 0 Å². The molecule has 0 bridgehead atoms. The fourth-order valence-electron chi connectivity index (χ4n) is 5.32. The highest BCUT2D eigenvalue weighted by molar-refractivity contribution is 5.62. The van der Waals surface area contributed by atoms with Gasteiger partial charge in [-0.05, 0) is 70.2 Å². The predicted octanol–water partition coefficient (Wildman–Crippen LogP) is 5.02. The minimum Gasteiger partial charge on any atom is -0.505 e. The summed E-state index contributed by atoms with van der Waals surface area (Å²) in [6.07, 6.45) is 1.44. The van der Waals surface area contributed by atoms with Crippen molar-refractivity contribution in [3.63, 3.8) is 0 Å². The fourth-order valence-corrected chi connectivity index (χ4v) is 5.32. The summed E-state index contributed by atoms with van der Waals surface area (Å²) in [4.78, 5) is 0. The van der Waals surface area contributed by atoms with Crippen molar-refractivity contribution in [3.8, 4) is 11.5 Å². The first kappa shape index (κ1) is 16.4. The van der Waals surface area contributed by atoms with Crippen molar-refractivity contribution >= 4 is 0 Å². The summed E-state index contributed by atoms with van der Waals surface area (Å²) in [6, 6.07) is 5.89. The second-order valence-corrected chi connectivity index (χ2v) is 8.90. The van der Waals surface area contributed by atoms with Gasteiger partial charge < -0.3 is 10.2 Å². The van der Waals surface area contributed by atoms with Gasteiger partial charge in [-0.3, -0.25) is 0 Å². The first-order valence-electron chi connectivity index (χ1n) is 8.55. The molecule has 0 unspecified atom stereocenters. The molecule has 2 aromatic rings. The quantitative estimate of drug-likeness (QED) is 0.704. The maximum absolute atomic E-state index is 14.0. The van der Waals surface area contributed by atoms with E-state index in [2.05, 4.69) is 27.7 Å². The van der Waals surface area contributed by atoms with Crippen LogP contribution in [-0.2, 0) is 16.2 Å². The zero-order valence-corrected chi connectivity index (χ0v) is 14.9. The lowest BCUT2D eigenvalue weighted by Crippen LogP contribution is -2.26. The summed E-state index contributed by atoms with van der Waals surface area (Å²) in [5, 5.41) is 20.0. The summed E-state index contributed by atoms with van der Waals surface area (Å²) in [6.45, 7) is 8.24. The molecule has 132 valence electrons. The molecule has 0 amide bonds. The first-order chi connectivity index (χ1) is 11.5. The molecule has 0 aromatic heterocycles. The Morgan fingerprint density at radius 1 is 0.680 bits per heavy atom. The Labute approximate surface area is 146 Å². The van der Waals surface area contributed by atoms with Crippen LogP contribution in [0.3, 0.4) is 0 Å². The van der Waals surface area contributed by atoms with Crippen molar-refractivity contribution in [2.45, 2.75) is 56.8 Å². The minimum atomic E-state index is -0.622. The summed E-state index contributed by atoms with van der Waals surface area (Å²) >= 11 is 0. The molecule has 4 heteroatoms. The van der Waals surface area contributed by atoms with E-state index in [0.717, 1.165) is 35.1 Å². The number of benzene rings is 2. The Hall–Kier alpha value is -2.10. The molecular formula is C21H22F2O2. The van der Waals surface area contributed by atoms with Crippen LogP contribution < -0.4 is 0 Å². The molecule has 4 rings (SSSR count). The number of fused-ring (bicyclic) bond motifs is 4. The van der Waals surface area contributed by atoms with Crippen LogP contribution in [0.5, 0.6) is 11.5 Å². The van der Waals surface area contributed by atoms with E-state index < -0.39 is 17.0 Å². The zero-order chi connectivity index (χ0) is 18.4. The van der Waals surface area contributed by atoms with E-state index in [0.29, 0.717) is 0 Å². The van der Waals surface area contributed by atoms with Gasteiger partial charge in [-0.1, -0.05) is 27.7 Å². The second kappa shape index (κ2) is 4.54.